The van der Waals surface area contributed by atoms with Gasteiger partial charge in [-0.25, -0.2) is 0 Å². The molecule has 30 heavy (non-hydrogen) atoms. The number of nitrogens with zero attached hydrogens (tertiary/aromatic N) is 2. The van der Waals surface area contributed by atoms with E-state index in [1.54, 1.807) is 6.92 Å². The predicted molar refractivity (Wildman–Crippen MR) is 108 cm³/mol. The number of hydrogen-bond acceptors (Lipinski definition) is 6. The summed E-state index contributed by atoms with van der Waals surface area (Å²) in [7, 11) is 0. The number of H-pyrrole nitrogens is 1. The molecule has 0 saturated carbocycles. The average molecular weight is 408 g/mol. The number of piperidine rings is 1. The molecule has 0 bridgehead atoms. The standard InChI is InChI=1S/C22H25N5O3/c1-3-29-21(28)17-13-27(12-15-7-5-4-6-8-15)10-9-22(17)16(11-23)19(24)30-20-18(22)14(2)25-26-20/h4-8,17H,3,9-10,12-13,24H2,1-2H3,(H,25,26)/p+1/t17-,22+/m1/s1. The number of likely N-dealkylation sites (tertiary alicyclic amines) is 1. The predicted octanol–water partition coefficient (Wildman–Crippen LogP) is 0.710. The van der Waals surface area contributed by atoms with Gasteiger partial charge in [0.15, 0.2) is 0 Å². The van der Waals surface area contributed by atoms with Gasteiger partial charge in [0.05, 0.1) is 25.1 Å². The average Bonchev–Trinajstić information content (AvgIpc) is 3.11. The van der Waals surface area contributed by atoms with E-state index in [1.807, 2.05) is 25.1 Å². The summed E-state index contributed by atoms with van der Waals surface area (Å²) in [5.74, 6) is -0.545. The maximum absolute atomic E-state index is 13.2. The van der Waals surface area contributed by atoms with Crippen molar-refractivity contribution in [3.05, 3.63) is 58.6 Å². The molecule has 1 aromatic carbocycles. The summed E-state index contributed by atoms with van der Waals surface area (Å²) in [4.78, 5) is 14.5. The number of aryl methyl sites for hydroxylation is 1. The summed E-state index contributed by atoms with van der Waals surface area (Å²) in [6.45, 7) is 6.02. The van der Waals surface area contributed by atoms with Gasteiger partial charge in [-0.15, -0.1) is 5.10 Å². The van der Waals surface area contributed by atoms with Crippen molar-refractivity contribution >= 4 is 5.97 Å². The number of aromatic nitrogens is 2. The fourth-order valence-corrected chi connectivity index (χ4v) is 4.95. The first-order chi connectivity index (χ1) is 14.5. The fraction of sp³-hybridized carbons (Fsp3) is 0.409. The van der Waals surface area contributed by atoms with Gasteiger partial charge in [0.1, 0.15) is 24.1 Å². The summed E-state index contributed by atoms with van der Waals surface area (Å²) in [5, 5.41) is 17.2. The Morgan fingerprint density at radius 1 is 1.47 bits per heavy atom. The highest BCUT2D eigenvalue weighted by atomic mass is 16.5. The van der Waals surface area contributed by atoms with Crippen molar-refractivity contribution in [2.24, 2.45) is 11.7 Å². The molecule has 1 spiro atoms. The number of hydrogen-bond donors (Lipinski definition) is 3. The lowest BCUT2D eigenvalue weighted by atomic mass is 9.61. The molecule has 8 heteroatoms. The number of esters is 1. The highest BCUT2D eigenvalue weighted by molar-refractivity contribution is 5.78. The van der Waals surface area contributed by atoms with Crippen LogP contribution in [0, 0.1) is 24.2 Å². The van der Waals surface area contributed by atoms with Crippen LogP contribution in [0.3, 0.4) is 0 Å². The molecule has 1 saturated heterocycles. The summed E-state index contributed by atoms with van der Waals surface area (Å²) in [5.41, 5.74) is 8.23. The highest BCUT2D eigenvalue weighted by Gasteiger charge is 2.58. The molecular formula is C22H26N5O3+. The van der Waals surface area contributed by atoms with Crippen molar-refractivity contribution in [2.75, 3.05) is 19.7 Å². The Hall–Kier alpha value is -3.31. The maximum Gasteiger partial charge on any atom is 0.315 e. The smallest absolute Gasteiger partial charge is 0.315 e. The molecule has 0 aliphatic carbocycles. The Balaban J connectivity index is 1.79. The van der Waals surface area contributed by atoms with Gasteiger partial charge in [-0.2, -0.15) is 5.26 Å². The number of nitriles is 1. The van der Waals surface area contributed by atoms with E-state index in [1.165, 1.54) is 10.5 Å². The Kier molecular flexibility index (Phi) is 5.22. The van der Waals surface area contributed by atoms with Crippen LogP contribution in [-0.4, -0.2) is 35.9 Å². The minimum atomic E-state index is -0.907. The van der Waals surface area contributed by atoms with E-state index in [0.29, 0.717) is 18.8 Å². The van der Waals surface area contributed by atoms with E-state index in [-0.39, 0.29) is 24.0 Å². The van der Waals surface area contributed by atoms with Gasteiger partial charge < -0.3 is 20.1 Å². The SMILES string of the molecule is CCOC(=O)[C@H]1C[NH+](Cc2ccccc2)CC[C@]12C(C#N)=C(N)Oc1n[nH]c(C)c12. The molecule has 0 radical (unpaired) electrons. The van der Waals surface area contributed by atoms with Gasteiger partial charge in [-0.05, 0) is 13.8 Å². The Morgan fingerprint density at radius 3 is 2.93 bits per heavy atom. The minimum Gasteiger partial charge on any atom is -0.466 e. The van der Waals surface area contributed by atoms with Gasteiger partial charge in [0.25, 0.3) is 0 Å². The third-order valence-corrected chi connectivity index (χ3v) is 6.20. The van der Waals surface area contributed by atoms with Crippen molar-refractivity contribution in [3.8, 4) is 11.9 Å². The Bertz CT molecular complexity index is 1020. The second kappa shape index (κ2) is 7.84. The number of nitrogens with two attached hydrogens (primary N) is 1. The van der Waals surface area contributed by atoms with E-state index < -0.39 is 11.3 Å². The zero-order valence-corrected chi connectivity index (χ0v) is 17.2. The quantitative estimate of drug-likeness (QED) is 0.641. The molecule has 2 aromatic rings. The first kappa shape index (κ1) is 20.0. The van der Waals surface area contributed by atoms with Gasteiger partial charge in [-0.1, -0.05) is 30.3 Å². The van der Waals surface area contributed by atoms with E-state index in [2.05, 4.69) is 28.4 Å². The van der Waals surface area contributed by atoms with Crippen LogP contribution in [0.5, 0.6) is 5.88 Å². The van der Waals surface area contributed by atoms with Crippen molar-refractivity contribution in [2.45, 2.75) is 32.2 Å². The number of benzene rings is 1. The monoisotopic (exact) mass is 408 g/mol. The summed E-state index contributed by atoms with van der Waals surface area (Å²) >= 11 is 0. The third kappa shape index (κ3) is 3.12. The minimum absolute atomic E-state index is 0.0114. The van der Waals surface area contributed by atoms with Crippen molar-refractivity contribution in [3.63, 3.8) is 0 Å². The normalized spacial score (nSPS) is 25.4. The lowest BCUT2D eigenvalue weighted by molar-refractivity contribution is -0.922. The van der Waals surface area contributed by atoms with E-state index >= 15 is 0 Å². The zero-order valence-electron chi connectivity index (χ0n) is 17.2. The number of quaternary nitrogens is 1. The van der Waals surface area contributed by atoms with Gasteiger partial charge in [0, 0.05) is 23.2 Å². The molecule has 0 amide bonds. The second-order valence-electron chi connectivity index (χ2n) is 7.87. The second-order valence-corrected chi connectivity index (χ2v) is 7.87. The molecule has 1 unspecified atom stereocenters. The first-order valence-electron chi connectivity index (χ1n) is 10.2. The van der Waals surface area contributed by atoms with Crippen molar-refractivity contribution in [1.82, 2.24) is 10.2 Å². The molecule has 1 fully saturated rings. The lowest BCUT2D eigenvalue weighted by Crippen LogP contribution is -3.13. The van der Waals surface area contributed by atoms with E-state index in [4.69, 9.17) is 15.2 Å². The number of carbonyl (C=O) groups excluding carboxylic acids is 1. The van der Waals surface area contributed by atoms with Gasteiger partial charge >= 0.3 is 5.97 Å². The summed E-state index contributed by atoms with van der Waals surface area (Å²) in [6, 6.07) is 12.4. The van der Waals surface area contributed by atoms with E-state index in [9.17, 15) is 10.1 Å². The van der Waals surface area contributed by atoms with E-state index in [0.717, 1.165) is 24.3 Å². The van der Waals surface area contributed by atoms with Gasteiger partial charge in [-0.3, -0.25) is 9.89 Å². The first-order valence-corrected chi connectivity index (χ1v) is 10.2. The number of nitrogens with one attached hydrogen (secondary N) is 2. The molecule has 2 aliphatic rings. The Labute approximate surface area is 175 Å². The van der Waals surface area contributed by atoms with Gasteiger partial charge in [0.2, 0.25) is 11.8 Å². The van der Waals surface area contributed by atoms with Crippen LogP contribution in [-0.2, 0) is 21.5 Å². The number of aromatic amines is 1. The summed E-state index contributed by atoms with van der Waals surface area (Å²) < 4.78 is 11.1. The summed E-state index contributed by atoms with van der Waals surface area (Å²) in [6.07, 6.45) is 0.568. The molecule has 4 N–H and O–H groups in total. The molecule has 4 rings (SSSR count). The van der Waals surface area contributed by atoms with Crippen molar-refractivity contribution in [1.29, 1.82) is 5.26 Å². The number of carbonyl (C=O) groups is 1. The number of fused-ring (bicyclic) bond motifs is 2. The molecule has 1 aromatic heterocycles. The molecular weight excluding hydrogens is 382 g/mol. The maximum atomic E-state index is 13.2. The third-order valence-electron chi connectivity index (χ3n) is 6.20. The van der Waals surface area contributed by atoms with Crippen LogP contribution < -0.4 is 15.4 Å². The Morgan fingerprint density at radius 2 is 2.23 bits per heavy atom. The molecule has 8 nitrogen and oxygen atoms in total. The zero-order chi connectivity index (χ0) is 21.3. The highest BCUT2D eigenvalue weighted by Crippen LogP contribution is 2.51. The number of rotatable bonds is 4. The lowest BCUT2D eigenvalue weighted by Gasteiger charge is -2.45. The number of ether oxygens (including phenoxy) is 2. The fourth-order valence-electron chi connectivity index (χ4n) is 4.95. The number of allylic oxidation sites excluding steroid dienone is 1. The van der Waals surface area contributed by atoms with Crippen LogP contribution in [0.15, 0.2) is 41.8 Å². The molecule has 2 aliphatic heterocycles. The van der Waals surface area contributed by atoms with Crippen LogP contribution >= 0.6 is 0 Å². The van der Waals surface area contributed by atoms with Crippen LogP contribution in [0.2, 0.25) is 0 Å². The molecule has 3 atom stereocenters. The van der Waals surface area contributed by atoms with Crippen LogP contribution in [0.1, 0.15) is 30.2 Å². The molecule has 3 heterocycles. The van der Waals surface area contributed by atoms with Crippen molar-refractivity contribution < 1.29 is 19.2 Å². The van der Waals surface area contributed by atoms with Crippen LogP contribution in [0.4, 0.5) is 0 Å². The topological polar surface area (TPSA) is 118 Å². The molecule has 156 valence electrons. The largest absolute Gasteiger partial charge is 0.466 e. The van der Waals surface area contributed by atoms with Crippen LogP contribution in [0.25, 0.3) is 0 Å².